The van der Waals surface area contributed by atoms with E-state index in [0.717, 1.165) is 38.6 Å². The van der Waals surface area contributed by atoms with Crippen molar-refractivity contribution in [3.8, 4) is 16.9 Å². The van der Waals surface area contributed by atoms with Gasteiger partial charge in [0.2, 0.25) is 0 Å². The molecule has 0 aliphatic heterocycles. The van der Waals surface area contributed by atoms with Gasteiger partial charge in [-0.15, -0.1) is 0 Å². The summed E-state index contributed by atoms with van der Waals surface area (Å²) in [5, 5.41) is 12.9. The summed E-state index contributed by atoms with van der Waals surface area (Å²) in [7, 11) is 0. The van der Waals surface area contributed by atoms with Gasteiger partial charge in [-0.2, -0.15) is 0 Å². The molecule has 5 rings (SSSR count). The van der Waals surface area contributed by atoms with Crippen molar-refractivity contribution in [1.82, 2.24) is 4.57 Å². The zero-order valence-electron chi connectivity index (χ0n) is 15.5. The summed E-state index contributed by atoms with van der Waals surface area (Å²) in [4.78, 5) is 11.5. The molecule has 1 heterocycles. The Hall–Kier alpha value is -4.05. The van der Waals surface area contributed by atoms with Crippen molar-refractivity contribution < 1.29 is 9.90 Å². The number of carboxylic acids is 1. The number of benzene rings is 4. The van der Waals surface area contributed by atoms with Gasteiger partial charge in [-0.05, 0) is 53.2 Å². The van der Waals surface area contributed by atoms with Gasteiger partial charge in [0.05, 0.1) is 16.8 Å². The lowest BCUT2D eigenvalue weighted by Gasteiger charge is -2.13. The van der Waals surface area contributed by atoms with Crippen LogP contribution in [0.25, 0.3) is 38.6 Å². The predicted octanol–water partition coefficient (Wildman–Crippen LogP) is 5.73. The Morgan fingerprint density at radius 2 is 1.62 bits per heavy atom. The van der Waals surface area contributed by atoms with Gasteiger partial charge in [0.1, 0.15) is 0 Å². The third kappa shape index (κ3) is 2.82. The molecular weight excluding hydrogens is 360 g/mol. The van der Waals surface area contributed by atoms with Gasteiger partial charge < -0.3 is 15.4 Å². The van der Waals surface area contributed by atoms with Crippen LogP contribution in [0.3, 0.4) is 0 Å². The van der Waals surface area contributed by atoms with E-state index >= 15 is 0 Å². The van der Waals surface area contributed by atoms with Crippen LogP contribution in [0.1, 0.15) is 10.4 Å². The maximum atomic E-state index is 11.5. The highest BCUT2D eigenvalue weighted by molar-refractivity contribution is 6.09. The molecule has 4 nitrogen and oxygen atoms in total. The Bertz CT molecular complexity index is 1400. The second kappa shape index (κ2) is 6.53. The largest absolute Gasteiger partial charge is 0.478 e. The van der Waals surface area contributed by atoms with E-state index < -0.39 is 5.97 Å². The number of hydrogen-bond donors (Lipinski definition) is 2. The highest BCUT2D eigenvalue weighted by Gasteiger charge is 2.16. The van der Waals surface area contributed by atoms with E-state index in [1.807, 2.05) is 42.5 Å². The lowest BCUT2D eigenvalue weighted by molar-refractivity contribution is 0.0697. The van der Waals surface area contributed by atoms with Crippen molar-refractivity contribution >= 4 is 33.3 Å². The molecule has 0 aliphatic carbocycles. The monoisotopic (exact) mass is 378 g/mol. The number of carboxylic acid groups (broad SMARTS) is 1. The number of rotatable bonds is 3. The first-order valence-electron chi connectivity index (χ1n) is 9.35. The minimum absolute atomic E-state index is 0.253. The molecule has 0 amide bonds. The Labute approximate surface area is 167 Å². The molecule has 5 aromatic rings. The normalized spacial score (nSPS) is 11.2. The number of nitrogens with two attached hydrogens (primary N) is 1. The average molecular weight is 378 g/mol. The fourth-order valence-electron chi connectivity index (χ4n) is 3.93. The lowest BCUT2D eigenvalue weighted by Crippen LogP contribution is -2.01. The zero-order chi connectivity index (χ0) is 20.0. The maximum absolute atomic E-state index is 11.5. The molecule has 0 saturated carbocycles. The molecule has 0 atom stereocenters. The van der Waals surface area contributed by atoms with Crippen LogP contribution in [0.4, 0.5) is 5.69 Å². The SMILES string of the molecule is Nc1cccc(-c2cc3c4ccccc4ccc3n2-c2cccc(C(=O)O)c2)c1. The summed E-state index contributed by atoms with van der Waals surface area (Å²) in [6, 6.07) is 29.3. The smallest absolute Gasteiger partial charge is 0.335 e. The molecule has 29 heavy (non-hydrogen) atoms. The molecule has 4 heteroatoms. The predicted molar refractivity (Wildman–Crippen MR) is 118 cm³/mol. The van der Waals surface area contributed by atoms with Gasteiger partial charge >= 0.3 is 5.97 Å². The molecule has 0 spiro atoms. The number of nitrogens with zero attached hydrogens (tertiary/aromatic N) is 1. The standard InChI is InChI=1S/C25H18N2O2/c26-19-8-3-6-17(13-19)24-15-22-21-10-2-1-5-16(21)11-12-23(22)27(24)20-9-4-7-18(14-20)25(28)29/h1-15H,26H2,(H,28,29). The molecular formula is C25H18N2O2. The Balaban J connectivity index is 1.89. The molecule has 0 bridgehead atoms. The van der Waals surface area contributed by atoms with Gasteiger partial charge in [0.25, 0.3) is 0 Å². The van der Waals surface area contributed by atoms with E-state index in [2.05, 4.69) is 34.9 Å². The maximum Gasteiger partial charge on any atom is 0.335 e. The first-order chi connectivity index (χ1) is 14.1. The van der Waals surface area contributed by atoms with Crippen LogP contribution in [-0.2, 0) is 0 Å². The minimum atomic E-state index is -0.945. The van der Waals surface area contributed by atoms with Gasteiger partial charge in [-0.3, -0.25) is 0 Å². The minimum Gasteiger partial charge on any atom is -0.478 e. The summed E-state index contributed by atoms with van der Waals surface area (Å²) in [5.41, 5.74) is 10.7. The second-order valence-electron chi connectivity index (χ2n) is 7.07. The van der Waals surface area contributed by atoms with E-state index in [4.69, 9.17) is 5.73 Å². The van der Waals surface area contributed by atoms with E-state index in [9.17, 15) is 9.90 Å². The molecule has 0 aliphatic rings. The number of anilines is 1. The molecule has 0 fully saturated rings. The lowest BCUT2D eigenvalue weighted by atomic mass is 10.1. The van der Waals surface area contributed by atoms with Crippen molar-refractivity contribution in [1.29, 1.82) is 0 Å². The highest BCUT2D eigenvalue weighted by Crippen LogP contribution is 2.36. The van der Waals surface area contributed by atoms with Crippen molar-refractivity contribution in [3.63, 3.8) is 0 Å². The van der Waals surface area contributed by atoms with Crippen LogP contribution in [0.5, 0.6) is 0 Å². The van der Waals surface area contributed by atoms with Crippen molar-refractivity contribution in [2.45, 2.75) is 0 Å². The van der Waals surface area contributed by atoms with Crippen LogP contribution in [0, 0.1) is 0 Å². The van der Waals surface area contributed by atoms with Gasteiger partial charge in [-0.1, -0.05) is 48.5 Å². The summed E-state index contributed by atoms with van der Waals surface area (Å²) in [5.74, 6) is -0.945. The Kier molecular flexibility index (Phi) is 3.85. The third-order valence-electron chi connectivity index (χ3n) is 5.24. The summed E-state index contributed by atoms with van der Waals surface area (Å²) in [6.45, 7) is 0. The molecule has 3 N–H and O–H groups in total. The third-order valence-corrected chi connectivity index (χ3v) is 5.24. The Morgan fingerprint density at radius 3 is 2.45 bits per heavy atom. The van der Waals surface area contributed by atoms with Crippen molar-refractivity contribution in [3.05, 3.63) is 96.6 Å². The zero-order valence-corrected chi connectivity index (χ0v) is 15.5. The fraction of sp³-hybridized carbons (Fsp3) is 0. The molecule has 0 unspecified atom stereocenters. The van der Waals surface area contributed by atoms with Gasteiger partial charge in [0.15, 0.2) is 0 Å². The molecule has 0 saturated heterocycles. The number of fused-ring (bicyclic) bond motifs is 3. The summed E-state index contributed by atoms with van der Waals surface area (Å²) in [6.07, 6.45) is 0. The van der Waals surface area contributed by atoms with E-state index in [0.29, 0.717) is 5.69 Å². The van der Waals surface area contributed by atoms with Gasteiger partial charge in [-0.25, -0.2) is 4.79 Å². The van der Waals surface area contributed by atoms with E-state index in [-0.39, 0.29) is 5.56 Å². The van der Waals surface area contributed by atoms with Crippen LogP contribution in [-0.4, -0.2) is 15.6 Å². The number of nitrogen functional groups attached to an aromatic ring is 1. The van der Waals surface area contributed by atoms with Crippen molar-refractivity contribution in [2.75, 3.05) is 5.73 Å². The Morgan fingerprint density at radius 1 is 0.793 bits per heavy atom. The van der Waals surface area contributed by atoms with Crippen LogP contribution >= 0.6 is 0 Å². The highest BCUT2D eigenvalue weighted by atomic mass is 16.4. The number of carbonyl (C=O) groups is 1. The van der Waals surface area contributed by atoms with Crippen LogP contribution in [0.15, 0.2) is 91.0 Å². The molecule has 4 aromatic carbocycles. The quantitative estimate of drug-likeness (QED) is 0.394. The topological polar surface area (TPSA) is 68.2 Å². The summed E-state index contributed by atoms with van der Waals surface area (Å²) < 4.78 is 2.10. The first kappa shape index (κ1) is 17.1. The second-order valence-corrected chi connectivity index (χ2v) is 7.07. The van der Waals surface area contributed by atoms with Gasteiger partial charge in [0, 0.05) is 22.3 Å². The average Bonchev–Trinajstić information content (AvgIpc) is 3.14. The number of aromatic carboxylic acids is 1. The summed E-state index contributed by atoms with van der Waals surface area (Å²) >= 11 is 0. The molecule has 0 radical (unpaired) electrons. The van der Waals surface area contributed by atoms with Crippen molar-refractivity contribution in [2.24, 2.45) is 0 Å². The number of hydrogen-bond acceptors (Lipinski definition) is 2. The molecule has 1 aromatic heterocycles. The van der Waals surface area contributed by atoms with Crippen LogP contribution in [0.2, 0.25) is 0 Å². The van der Waals surface area contributed by atoms with Crippen LogP contribution < -0.4 is 5.73 Å². The van der Waals surface area contributed by atoms with E-state index in [1.165, 1.54) is 0 Å². The number of aromatic nitrogens is 1. The van der Waals surface area contributed by atoms with E-state index in [1.54, 1.807) is 18.2 Å². The first-order valence-corrected chi connectivity index (χ1v) is 9.35. The fourth-order valence-corrected chi connectivity index (χ4v) is 3.93. The molecule has 140 valence electrons.